The van der Waals surface area contributed by atoms with Crippen LogP contribution in [0.3, 0.4) is 0 Å². The largest absolute Gasteiger partial charge is 0.367 e. The number of anilines is 1. The molecule has 3 rings (SSSR count). The van der Waals surface area contributed by atoms with Crippen LogP contribution >= 0.6 is 11.8 Å². The minimum atomic E-state index is 0.383. The number of thioether (sulfide) groups is 1. The summed E-state index contributed by atoms with van der Waals surface area (Å²) in [5.74, 6) is 0.923. The predicted octanol–water partition coefficient (Wildman–Crippen LogP) is 4.03. The lowest BCUT2D eigenvalue weighted by atomic mass is 10.1. The van der Waals surface area contributed by atoms with Crippen LogP contribution < -0.4 is 5.32 Å². The van der Waals surface area contributed by atoms with Gasteiger partial charge in [-0.15, -0.1) is 5.10 Å². The standard InChI is InChI=1S/C16H21N3S/c1-12-13-7-3-4-8-14(13)15(19-18-12)17-11-16(20-2)9-5-6-10-16/h3-4,7-8H,5-6,9-11H2,1-2H3,(H,17,19). The van der Waals surface area contributed by atoms with Gasteiger partial charge in [-0.05, 0) is 26.0 Å². The maximum Gasteiger partial charge on any atom is 0.156 e. The molecular weight excluding hydrogens is 266 g/mol. The zero-order valence-electron chi connectivity index (χ0n) is 12.1. The molecule has 0 unspecified atom stereocenters. The van der Waals surface area contributed by atoms with Gasteiger partial charge in [-0.1, -0.05) is 37.1 Å². The number of fused-ring (bicyclic) bond motifs is 1. The van der Waals surface area contributed by atoms with E-state index < -0.39 is 0 Å². The molecule has 3 nitrogen and oxygen atoms in total. The Morgan fingerprint density at radius 1 is 1.15 bits per heavy atom. The lowest BCUT2D eigenvalue weighted by Gasteiger charge is -2.27. The van der Waals surface area contributed by atoms with Gasteiger partial charge in [-0.2, -0.15) is 16.9 Å². The van der Waals surface area contributed by atoms with Crippen LogP contribution in [0.2, 0.25) is 0 Å². The molecule has 1 heterocycles. The normalized spacial score (nSPS) is 17.5. The van der Waals surface area contributed by atoms with Crippen LogP contribution in [0.25, 0.3) is 10.8 Å². The molecule has 4 heteroatoms. The molecule has 1 N–H and O–H groups in total. The summed E-state index contributed by atoms with van der Waals surface area (Å²) < 4.78 is 0.383. The van der Waals surface area contributed by atoms with E-state index in [1.165, 1.54) is 36.5 Å². The first-order chi connectivity index (χ1) is 9.74. The maximum atomic E-state index is 4.36. The fourth-order valence-electron chi connectivity index (χ4n) is 3.09. The highest BCUT2D eigenvalue weighted by atomic mass is 32.2. The molecule has 106 valence electrons. The van der Waals surface area contributed by atoms with Crippen LogP contribution in [-0.2, 0) is 0 Å². The summed E-state index contributed by atoms with van der Waals surface area (Å²) in [6.07, 6.45) is 7.54. The van der Waals surface area contributed by atoms with Gasteiger partial charge in [0.15, 0.2) is 5.82 Å². The Kier molecular flexibility index (Phi) is 3.83. The van der Waals surface area contributed by atoms with Crippen molar-refractivity contribution < 1.29 is 0 Å². The van der Waals surface area contributed by atoms with Crippen LogP contribution in [0.1, 0.15) is 31.4 Å². The van der Waals surface area contributed by atoms with Crippen molar-refractivity contribution >= 4 is 28.4 Å². The summed E-state index contributed by atoms with van der Waals surface area (Å²) in [5, 5.41) is 14.6. The van der Waals surface area contributed by atoms with Crippen LogP contribution in [-0.4, -0.2) is 27.7 Å². The van der Waals surface area contributed by atoms with Gasteiger partial charge < -0.3 is 5.32 Å². The highest BCUT2D eigenvalue weighted by molar-refractivity contribution is 8.00. The summed E-state index contributed by atoms with van der Waals surface area (Å²) in [7, 11) is 0. The molecule has 1 aliphatic carbocycles. The van der Waals surface area contributed by atoms with Crippen molar-refractivity contribution in [2.45, 2.75) is 37.4 Å². The second-order valence-electron chi connectivity index (χ2n) is 5.63. The molecule has 1 aromatic heterocycles. The number of hydrogen-bond acceptors (Lipinski definition) is 4. The Morgan fingerprint density at radius 3 is 2.55 bits per heavy atom. The van der Waals surface area contributed by atoms with E-state index in [1.807, 2.05) is 18.7 Å². The molecule has 1 aromatic carbocycles. The zero-order valence-corrected chi connectivity index (χ0v) is 13.0. The van der Waals surface area contributed by atoms with Gasteiger partial charge in [0, 0.05) is 22.1 Å². The highest BCUT2D eigenvalue weighted by Gasteiger charge is 2.32. The summed E-state index contributed by atoms with van der Waals surface area (Å²) in [6, 6.07) is 8.36. The van der Waals surface area contributed by atoms with Crippen LogP contribution in [0.4, 0.5) is 5.82 Å². The molecule has 20 heavy (non-hydrogen) atoms. The Hall–Kier alpha value is -1.29. The lowest BCUT2D eigenvalue weighted by Crippen LogP contribution is -2.30. The second-order valence-corrected chi connectivity index (χ2v) is 6.90. The predicted molar refractivity (Wildman–Crippen MR) is 87.5 cm³/mol. The third-order valence-electron chi connectivity index (χ3n) is 4.40. The van der Waals surface area contributed by atoms with Crippen molar-refractivity contribution in [2.75, 3.05) is 18.1 Å². The first kappa shape index (κ1) is 13.7. The summed E-state index contributed by atoms with van der Waals surface area (Å²) in [4.78, 5) is 0. The number of aryl methyl sites for hydroxylation is 1. The molecule has 0 amide bonds. The average Bonchev–Trinajstić information content (AvgIpc) is 2.96. The molecule has 0 atom stereocenters. The monoisotopic (exact) mass is 287 g/mol. The second kappa shape index (κ2) is 5.60. The minimum Gasteiger partial charge on any atom is -0.367 e. The van der Waals surface area contributed by atoms with Crippen molar-refractivity contribution in [3.8, 4) is 0 Å². The van der Waals surface area contributed by atoms with E-state index in [0.717, 1.165) is 18.1 Å². The average molecular weight is 287 g/mol. The lowest BCUT2D eigenvalue weighted by molar-refractivity contribution is 0.638. The molecule has 0 bridgehead atoms. The quantitative estimate of drug-likeness (QED) is 0.921. The molecular formula is C16H21N3S. The molecule has 1 fully saturated rings. The van der Waals surface area contributed by atoms with Gasteiger partial charge in [0.25, 0.3) is 0 Å². The third-order valence-corrected chi connectivity index (χ3v) is 5.82. The summed E-state index contributed by atoms with van der Waals surface area (Å²) in [6.45, 7) is 3.00. The summed E-state index contributed by atoms with van der Waals surface area (Å²) >= 11 is 2.00. The van der Waals surface area contributed by atoms with E-state index in [0.29, 0.717) is 4.75 Å². The molecule has 1 aliphatic rings. The van der Waals surface area contributed by atoms with Gasteiger partial charge >= 0.3 is 0 Å². The van der Waals surface area contributed by atoms with Crippen LogP contribution in [0.5, 0.6) is 0 Å². The number of rotatable bonds is 4. The number of nitrogens with one attached hydrogen (secondary N) is 1. The molecule has 2 aromatic rings. The SMILES string of the molecule is CSC1(CNc2nnc(C)c3ccccc23)CCCC1. The summed E-state index contributed by atoms with van der Waals surface area (Å²) in [5.41, 5.74) is 0.992. The number of benzene rings is 1. The van der Waals surface area contributed by atoms with E-state index in [-0.39, 0.29) is 0 Å². The fraction of sp³-hybridized carbons (Fsp3) is 0.500. The molecule has 0 spiro atoms. The van der Waals surface area contributed by atoms with Crippen molar-refractivity contribution in [1.29, 1.82) is 0 Å². The van der Waals surface area contributed by atoms with Crippen molar-refractivity contribution in [3.05, 3.63) is 30.0 Å². The van der Waals surface area contributed by atoms with E-state index in [1.54, 1.807) is 0 Å². The van der Waals surface area contributed by atoms with Crippen LogP contribution in [0, 0.1) is 6.92 Å². The number of nitrogens with zero attached hydrogens (tertiary/aromatic N) is 2. The van der Waals surface area contributed by atoms with Gasteiger partial charge in [-0.3, -0.25) is 0 Å². The van der Waals surface area contributed by atoms with E-state index >= 15 is 0 Å². The van der Waals surface area contributed by atoms with Gasteiger partial charge in [-0.25, -0.2) is 0 Å². The minimum absolute atomic E-state index is 0.383. The Labute approximate surface area is 124 Å². The first-order valence-corrected chi connectivity index (χ1v) is 8.48. The maximum absolute atomic E-state index is 4.36. The molecule has 0 aliphatic heterocycles. The topological polar surface area (TPSA) is 37.8 Å². The van der Waals surface area contributed by atoms with Crippen molar-refractivity contribution in [3.63, 3.8) is 0 Å². The van der Waals surface area contributed by atoms with Crippen molar-refractivity contribution in [1.82, 2.24) is 10.2 Å². The van der Waals surface area contributed by atoms with E-state index in [4.69, 9.17) is 0 Å². The highest BCUT2D eigenvalue weighted by Crippen LogP contribution is 2.40. The van der Waals surface area contributed by atoms with E-state index in [2.05, 4.69) is 46.0 Å². The first-order valence-electron chi connectivity index (χ1n) is 7.25. The molecule has 0 radical (unpaired) electrons. The Bertz CT molecular complexity index is 606. The molecule has 0 saturated heterocycles. The van der Waals surface area contributed by atoms with Gasteiger partial charge in [0.1, 0.15) is 0 Å². The third kappa shape index (κ3) is 2.49. The zero-order chi connectivity index (χ0) is 14.0. The van der Waals surface area contributed by atoms with Crippen molar-refractivity contribution in [2.24, 2.45) is 0 Å². The van der Waals surface area contributed by atoms with Gasteiger partial charge in [0.05, 0.1) is 5.69 Å². The molecule has 1 saturated carbocycles. The van der Waals surface area contributed by atoms with Crippen LogP contribution in [0.15, 0.2) is 24.3 Å². The van der Waals surface area contributed by atoms with E-state index in [9.17, 15) is 0 Å². The number of aromatic nitrogens is 2. The smallest absolute Gasteiger partial charge is 0.156 e. The Morgan fingerprint density at radius 2 is 1.85 bits per heavy atom. The van der Waals surface area contributed by atoms with Gasteiger partial charge in [0.2, 0.25) is 0 Å². The Balaban J connectivity index is 1.86. The fourth-order valence-corrected chi connectivity index (χ4v) is 4.00. The number of hydrogen-bond donors (Lipinski definition) is 1.